The maximum Gasteiger partial charge on any atom is 0.331 e. The number of fused-ring (bicyclic) bond motifs is 1. The lowest BCUT2D eigenvalue weighted by Gasteiger charge is -2.33. The molecule has 1 saturated heterocycles. The Morgan fingerprint density at radius 1 is 1.02 bits per heavy atom. The molecule has 0 spiro atoms. The summed E-state index contributed by atoms with van der Waals surface area (Å²) in [5, 5.41) is 40.8. The first-order valence-electron chi connectivity index (χ1n) is 18.1. The molecule has 11 N–H and O–H groups in total. The highest BCUT2D eigenvalue weighted by Crippen LogP contribution is 2.30. The number of carboxylic acids is 1. The topological polar surface area (TPSA) is 303 Å². The Labute approximate surface area is 330 Å². The number of H-pyrrole nitrogens is 2. The fourth-order valence-corrected chi connectivity index (χ4v) is 6.37. The summed E-state index contributed by atoms with van der Waals surface area (Å²) in [7, 11) is 1.37. The normalized spacial score (nSPS) is 18.3. The molecule has 5 amide bonds. The number of benzene rings is 2. The maximum atomic E-state index is 13.8. The molecule has 7 atom stereocenters. The summed E-state index contributed by atoms with van der Waals surface area (Å²) in [5.74, 6) is -3.66. The van der Waals surface area contributed by atoms with Crippen LogP contribution in [0.5, 0.6) is 5.75 Å². The van der Waals surface area contributed by atoms with Gasteiger partial charge in [-0.1, -0.05) is 30.3 Å². The van der Waals surface area contributed by atoms with Gasteiger partial charge in [-0.2, -0.15) is 0 Å². The van der Waals surface area contributed by atoms with Crippen molar-refractivity contribution in [3.05, 3.63) is 111 Å². The number of para-hydroxylation sites is 1. The molecule has 0 radical (unpaired) electrons. The number of aliphatic hydroxyl groups is 1. The summed E-state index contributed by atoms with van der Waals surface area (Å²) < 4.78 is 6.64. The van der Waals surface area contributed by atoms with Gasteiger partial charge in [0.05, 0.1) is 12.1 Å². The standard InChI is InChI=1S/C38H45N9O11/c1-19(42-37(56)43-28(36(54)55)15-22-17-40-27-10-5-4-9-25(22)27)32(51)45-31(20(2)46(3)34(53)26(39)14-21-7-6-8-23(48)13-21)33(52)41-18-24-16-29(49)35(58-24)47-12-11-30(50)44-38(47)57/h4-13,17-20,26,28-29,31,35,40,48-49H,14-16,39H2,1-3H3,(H,41,52)(H,45,51)(H,54,55)(H2,42,43,56)(H,44,50,57). The molecule has 5 rings (SSSR count). The smallest absolute Gasteiger partial charge is 0.331 e. The van der Waals surface area contributed by atoms with Crippen LogP contribution in [0.2, 0.25) is 0 Å². The highest BCUT2D eigenvalue weighted by Gasteiger charge is 2.36. The van der Waals surface area contributed by atoms with Crippen LogP contribution in [0.1, 0.15) is 37.6 Å². The zero-order chi connectivity index (χ0) is 42.3. The summed E-state index contributed by atoms with van der Waals surface area (Å²) in [4.78, 5) is 96.0. The van der Waals surface area contributed by atoms with Gasteiger partial charge in [0.2, 0.25) is 23.9 Å². The third-order valence-corrected chi connectivity index (χ3v) is 9.66. The second-order valence-electron chi connectivity index (χ2n) is 13.9. The molecule has 58 heavy (non-hydrogen) atoms. The summed E-state index contributed by atoms with van der Waals surface area (Å²) in [6.45, 7) is 2.77. The van der Waals surface area contributed by atoms with Crippen LogP contribution in [-0.2, 0) is 36.8 Å². The number of phenolic OH excluding ortho intramolecular Hbond substituents is 1. The van der Waals surface area contributed by atoms with Gasteiger partial charge in [0.1, 0.15) is 35.7 Å². The van der Waals surface area contributed by atoms with Crippen LogP contribution in [0.3, 0.4) is 0 Å². The molecule has 1 aliphatic heterocycles. The van der Waals surface area contributed by atoms with Gasteiger partial charge in [0.15, 0.2) is 0 Å². The number of aliphatic carboxylic acids is 1. The number of carboxylic acid groups (broad SMARTS) is 1. The third kappa shape index (κ3) is 10.3. The summed E-state index contributed by atoms with van der Waals surface area (Å²) >= 11 is 0. The molecule has 3 heterocycles. The van der Waals surface area contributed by atoms with Gasteiger partial charge < -0.3 is 56.9 Å². The molecular weight excluding hydrogens is 758 g/mol. The lowest BCUT2D eigenvalue weighted by atomic mass is 10.0. The molecule has 0 bridgehead atoms. The molecule has 4 aromatic rings. The number of nitrogens with zero attached hydrogens (tertiary/aromatic N) is 2. The summed E-state index contributed by atoms with van der Waals surface area (Å²) in [6, 6.07) is 7.10. The minimum Gasteiger partial charge on any atom is -0.508 e. The second-order valence-corrected chi connectivity index (χ2v) is 13.9. The fraction of sp³-hybridized carbons (Fsp3) is 0.342. The van der Waals surface area contributed by atoms with E-state index in [1.54, 1.807) is 24.4 Å². The second kappa shape index (κ2) is 18.3. The summed E-state index contributed by atoms with van der Waals surface area (Å²) in [6.07, 6.45) is 1.22. The molecule has 2 aromatic carbocycles. The quantitative estimate of drug-likeness (QED) is 0.0710. The predicted octanol–water partition coefficient (Wildman–Crippen LogP) is -0.754. The van der Waals surface area contributed by atoms with E-state index in [1.165, 1.54) is 33.0 Å². The van der Waals surface area contributed by atoms with Crippen molar-refractivity contribution in [1.82, 2.24) is 40.7 Å². The van der Waals surface area contributed by atoms with E-state index < -0.39 is 83.5 Å². The minimum absolute atomic E-state index is 0.0209. The lowest BCUT2D eigenvalue weighted by molar-refractivity contribution is -0.139. The van der Waals surface area contributed by atoms with Crippen LogP contribution in [0.15, 0.2) is 88.5 Å². The van der Waals surface area contributed by atoms with E-state index in [2.05, 4.69) is 31.2 Å². The number of aromatic amines is 2. The SMILES string of the molecule is CC(NC(=O)NC(Cc1c[nH]c2ccccc12)C(=O)O)C(=O)NC(C(=O)NC=C1CC(O)C(n2ccc(=O)[nH]c2=O)O1)C(C)N(C)C(=O)C(N)Cc1cccc(O)c1. The minimum atomic E-state index is -1.50. The average molecular weight is 804 g/mol. The largest absolute Gasteiger partial charge is 0.508 e. The van der Waals surface area contributed by atoms with E-state index in [-0.39, 0.29) is 30.8 Å². The van der Waals surface area contributed by atoms with E-state index in [4.69, 9.17) is 10.5 Å². The number of amides is 5. The number of likely N-dealkylation sites (N-methyl/N-ethyl adjacent to an activating group) is 1. The Balaban J connectivity index is 1.29. The van der Waals surface area contributed by atoms with Gasteiger partial charge in [-0.15, -0.1) is 0 Å². The van der Waals surface area contributed by atoms with Crippen molar-refractivity contribution < 1.29 is 44.0 Å². The zero-order valence-electron chi connectivity index (χ0n) is 31.7. The third-order valence-electron chi connectivity index (χ3n) is 9.66. The number of aromatic nitrogens is 3. The number of rotatable bonds is 15. The van der Waals surface area contributed by atoms with Crippen LogP contribution in [-0.4, -0.2) is 108 Å². The van der Waals surface area contributed by atoms with Crippen molar-refractivity contribution in [2.45, 2.75) is 75.7 Å². The van der Waals surface area contributed by atoms with Crippen molar-refractivity contribution in [1.29, 1.82) is 0 Å². The zero-order valence-corrected chi connectivity index (χ0v) is 31.7. The Bertz CT molecular complexity index is 2320. The van der Waals surface area contributed by atoms with E-state index in [0.29, 0.717) is 11.1 Å². The van der Waals surface area contributed by atoms with Crippen molar-refractivity contribution in [3.63, 3.8) is 0 Å². The average Bonchev–Trinajstić information content (AvgIpc) is 3.76. The molecule has 0 saturated carbocycles. The number of aliphatic hydroxyl groups excluding tert-OH is 1. The van der Waals surface area contributed by atoms with Crippen molar-refractivity contribution in [3.8, 4) is 5.75 Å². The van der Waals surface area contributed by atoms with E-state index in [9.17, 15) is 48.9 Å². The van der Waals surface area contributed by atoms with Crippen LogP contribution >= 0.6 is 0 Å². The number of carbonyl (C=O) groups excluding carboxylic acids is 4. The van der Waals surface area contributed by atoms with Crippen molar-refractivity contribution in [2.75, 3.05) is 7.05 Å². The number of hydrogen-bond acceptors (Lipinski definition) is 11. The fourth-order valence-electron chi connectivity index (χ4n) is 6.37. The van der Waals surface area contributed by atoms with Gasteiger partial charge >= 0.3 is 17.7 Å². The highest BCUT2D eigenvalue weighted by molar-refractivity contribution is 5.94. The van der Waals surface area contributed by atoms with Crippen LogP contribution in [0.25, 0.3) is 10.9 Å². The van der Waals surface area contributed by atoms with Crippen molar-refractivity contribution in [2.24, 2.45) is 5.73 Å². The Morgan fingerprint density at radius 3 is 2.47 bits per heavy atom. The number of hydrogen-bond donors (Lipinski definition) is 10. The van der Waals surface area contributed by atoms with Gasteiger partial charge in [-0.25, -0.2) is 14.4 Å². The molecule has 20 heteroatoms. The molecule has 2 aromatic heterocycles. The van der Waals surface area contributed by atoms with E-state index in [1.807, 2.05) is 18.2 Å². The molecular formula is C38H45N9O11. The van der Waals surface area contributed by atoms with Gasteiger partial charge in [-0.05, 0) is 49.6 Å². The van der Waals surface area contributed by atoms with Gasteiger partial charge in [0, 0.05) is 55.5 Å². The Hall–Kier alpha value is -6.93. The molecule has 0 aliphatic carbocycles. The maximum absolute atomic E-state index is 13.8. The Morgan fingerprint density at radius 2 is 1.76 bits per heavy atom. The van der Waals surface area contributed by atoms with Crippen LogP contribution in [0.4, 0.5) is 4.79 Å². The highest BCUT2D eigenvalue weighted by atomic mass is 16.5. The Kier molecular flexibility index (Phi) is 13.4. The van der Waals surface area contributed by atoms with Crippen molar-refractivity contribution >= 4 is 40.6 Å². The first-order valence-corrected chi connectivity index (χ1v) is 18.1. The number of phenols is 1. The van der Waals surface area contributed by atoms with Gasteiger partial charge in [0.25, 0.3) is 5.56 Å². The number of urea groups is 1. The first kappa shape index (κ1) is 42.2. The predicted molar refractivity (Wildman–Crippen MR) is 207 cm³/mol. The number of nitrogens with one attached hydrogen (secondary N) is 6. The van der Waals surface area contributed by atoms with Gasteiger partial charge in [-0.3, -0.25) is 28.7 Å². The molecule has 1 aliphatic rings. The number of nitrogens with two attached hydrogens (primary N) is 1. The first-order chi connectivity index (χ1) is 27.5. The molecule has 7 unspecified atom stereocenters. The van der Waals surface area contributed by atoms with Crippen LogP contribution < -0.4 is 38.2 Å². The molecule has 1 fully saturated rings. The number of ether oxygens (including phenoxy) is 1. The molecule has 20 nitrogen and oxygen atoms in total. The van der Waals surface area contributed by atoms with E-state index in [0.717, 1.165) is 38.8 Å². The molecule has 308 valence electrons. The van der Waals surface area contributed by atoms with E-state index >= 15 is 0 Å². The number of carbonyl (C=O) groups is 5. The summed E-state index contributed by atoms with van der Waals surface area (Å²) in [5.41, 5.74) is 6.74. The number of aromatic hydroxyl groups is 1. The lowest BCUT2D eigenvalue weighted by Crippen LogP contribution is -2.61. The monoisotopic (exact) mass is 803 g/mol. The van der Waals surface area contributed by atoms with Crippen LogP contribution in [0, 0.1) is 0 Å².